The third-order valence-corrected chi connectivity index (χ3v) is 4.04. The van der Waals surface area contributed by atoms with Crippen LogP contribution in [0.3, 0.4) is 0 Å². The SMILES string of the molecule is COCCN(CC1CNc2ccccc21)C1CC1. The summed E-state index contributed by atoms with van der Waals surface area (Å²) >= 11 is 0. The molecule has 1 atom stereocenters. The number of hydrogen-bond acceptors (Lipinski definition) is 3. The smallest absolute Gasteiger partial charge is 0.0589 e. The number of nitrogens with one attached hydrogen (secondary N) is 1. The third kappa shape index (κ3) is 2.52. The fourth-order valence-corrected chi connectivity index (χ4v) is 2.87. The topological polar surface area (TPSA) is 24.5 Å². The van der Waals surface area contributed by atoms with Gasteiger partial charge < -0.3 is 10.1 Å². The maximum atomic E-state index is 5.23. The van der Waals surface area contributed by atoms with E-state index in [1.54, 1.807) is 7.11 Å². The van der Waals surface area contributed by atoms with Crippen molar-refractivity contribution in [3.63, 3.8) is 0 Å². The number of nitrogens with zero attached hydrogens (tertiary/aromatic N) is 1. The standard InChI is InChI=1S/C15H22N2O/c1-18-9-8-17(13-6-7-13)11-12-10-16-15-5-3-2-4-14(12)15/h2-5,12-13,16H,6-11H2,1H3. The van der Waals surface area contributed by atoms with E-state index in [1.165, 1.54) is 24.1 Å². The second-order valence-corrected chi connectivity index (χ2v) is 5.38. The van der Waals surface area contributed by atoms with E-state index in [0.717, 1.165) is 32.3 Å². The lowest BCUT2D eigenvalue weighted by Crippen LogP contribution is -2.34. The molecule has 2 aliphatic rings. The summed E-state index contributed by atoms with van der Waals surface area (Å²) in [5.41, 5.74) is 2.81. The summed E-state index contributed by atoms with van der Waals surface area (Å²) in [6.45, 7) is 4.16. The van der Waals surface area contributed by atoms with Gasteiger partial charge in [0.1, 0.15) is 0 Å². The van der Waals surface area contributed by atoms with Crippen LogP contribution in [0.5, 0.6) is 0 Å². The first kappa shape index (κ1) is 12.0. The molecule has 3 heteroatoms. The molecule has 0 saturated heterocycles. The molecular weight excluding hydrogens is 224 g/mol. The van der Waals surface area contributed by atoms with Crippen LogP contribution in [0.25, 0.3) is 0 Å². The summed E-state index contributed by atoms with van der Waals surface area (Å²) in [6, 6.07) is 9.52. The van der Waals surface area contributed by atoms with Crippen LogP contribution in [0.1, 0.15) is 24.3 Å². The Morgan fingerprint density at radius 3 is 2.94 bits per heavy atom. The van der Waals surface area contributed by atoms with E-state index in [9.17, 15) is 0 Å². The van der Waals surface area contributed by atoms with Gasteiger partial charge in [-0.25, -0.2) is 0 Å². The lowest BCUT2D eigenvalue weighted by Gasteiger charge is -2.25. The Labute approximate surface area is 109 Å². The van der Waals surface area contributed by atoms with Crippen molar-refractivity contribution in [2.24, 2.45) is 0 Å². The molecule has 1 aliphatic carbocycles. The van der Waals surface area contributed by atoms with Gasteiger partial charge in [0.15, 0.2) is 0 Å². The van der Waals surface area contributed by atoms with Gasteiger partial charge in [0.2, 0.25) is 0 Å². The average molecular weight is 246 g/mol. The first-order chi connectivity index (χ1) is 8.88. The van der Waals surface area contributed by atoms with Crippen LogP contribution in [0, 0.1) is 0 Å². The van der Waals surface area contributed by atoms with Crippen molar-refractivity contribution in [3.8, 4) is 0 Å². The van der Waals surface area contributed by atoms with Crippen molar-refractivity contribution in [3.05, 3.63) is 29.8 Å². The van der Waals surface area contributed by atoms with Gasteiger partial charge in [-0.05, 0) is 24.5 Å². The predicted octanol–water partition coefficient (Wildman–Crippen LogP) is 2.31. The monoisotopic (exact) mass is 246 g/mol. The van der Waals surface area contributed by atoms with Gasteiger partial charge in [-0.1, -0.05) is 18.2 Å². The third-order valence-electron chi connectivity index (χ3n) is 4.04. The Balaban J connectivity index is 1.65. The zero-order valence-electron chi connectivity index (χ0n) is 11.1. The van der Waals surface area contributed by atoms with Gasteiger partial charge in [-0.2, -0.15) is 0 Å². The minimum Gasteiger partial charge on any atom is -0.384 e. The van der Waals surface area contributed by atoms with Crippen molar-refractivity contribution < 1.29 is 4.74 Å². The summed E-state index contributed by atoms with van der Waals surface area (Å²) in [7, 11) is 1.79. The van der Waals surface area contributed by atoms with Crippen molar-refractivity contribution in [2.75, 3.05) is 38.7 Å². The molecule has 1 fully saturated rings. The summed E-state index contributed by atoms with van der Waals surface area (Å²) in [4.78, 5) is 2.61. The van der Waals surface area contributed by atoms with E-state index in [-0.39, 0.29) is 0 Å². The molecule has 0 amide bonds. The summed E-state index contributed by atoms with van der Waals surface area (Å²) in [6.07, 6.45) is 2.73. The molecule has 1 heterocycles. The van der Waals surface area contributed by atoms with Crippen molar-refractivity contribution >= 4 is 5.69 Å². The molecule has 1 N–H and O–H groups in total. The molecule has 1 saturated carbocycles. The minimum atomic E-state index is 0.638. The maximum Gasteiger partial charge on any atom is 0.0589 e. The number of fused-ring (bicyclic) bond motifs is 1. The van der Waals surface area contributed by atoms with Crippen LogP contribution < -0.4 is 5.32 Å². The van der Waals surface area contributed by atoms with E-state index < -0.39 is 0 Å². The molecular formula is C15H22N2O. The first-order valence-electron chi connectivity index (χ1n) is 6.94. The van der Waals surface area contributed by atoms with E-state index in [4.69, 9.17) is 4.74 Å². The molecule has 3 nitrogen and oxygen atoms in total. The Morgan fingerprint density at radius 1 is 1.33 bits per heavy atom. The summed E-state index contributed by atoms with van der Waals surface area (Å²) < 4.78 is 5.23. The predicted molar refractivity (Wildman–Crippen MR) is 74.1 cm³/mol. The van der Waals surface area contributed by atoms with Gasteiger partial charge in [-0.3, -0.25) is 4.90 Å². The highest BCUT2D eigenvalue weighted by molar-refractivity contribution is 5.57. The number of benzene rings is 1. The Hall–Kier alpha value is -1.06. The molecule has 98 valence electrons. The zero-order chi connectivity index (χ0) is 12.4. The molecule has 1 aliphatic heterocycles. The van der Waals surface area contributed by atoms with Crippen LogP contribution in [0.4, 0.5) is 5.69 Å². The van der Waals surface area contributed by atoms with Crippen LogP contribution in [0.2, 0.25) is 0 Å². The highest BCUT2D eigenvalue weighted by Gasteiger charge is 2.32. The number of rotatable bonds is 6. The van der Waals surface area contributed by atoms with Gasteiger partial charge in [0.25, 0.3) is 0 Å². The molecule has 0 aromatic heterocycles. The van der Waals surface area contributed by atoms with Gasteiger partial charge in [-0.15, -0.1) is 0 Å². The van der Waals surface area contributed by atoms with E-state index >= 15 is 0 Å². The highest BCUT2D eigenvalue weighted by atomic mass is 16.5. The quantitative estimate of drug-likeness (QED) is 0.833. The molecule has 1 aromatic carbocycles. The van der Waals surface area contributed by atoms with Gasteiger partial charge in [0, 0.05) is 44.4 Å². The number of hydrogen-bond donors (Lipinski definition) is 1. The second kappa shape index (κ2) is 5.29. The minimum absolute atomic E-state index is 0.638. The molecule has 0 spiro atoms. The van der Waals surface area contributed by atoms with Gasteiger partial charge in [0.05, 0.1) is 6.61 Å². The van der Waals surface area contributed by atoms with Crippen LogP contribution >= 0.6 is 0 Å². The van der Waals surface area contributed by atoms with Crippen molar-refractivity contribution in [1.29, 1.82) is 0 Å². The van der Waals surface area contributed by atoms with Crippen molar-refractivity contribution in [1.82, 2.24) is 4.90 Å². The van der Waals surface area contributed by atoms with Crippen LogP contribution in [-0.2, 0) is 4.74 Å². The Kier molecular flexibility index (Phi) is 3.52. The maximum absolute atomic E-state index is 5.23. The molecule has 1 aromatic rings. The number of ether oxygens (including phenoxy) is 1. The molecule has 1 unspecified atom stereocenters. The summed E-state index contributed by atoms with van der Waals surface area (Å²) in [5.74, 6) is 0.638. The average Bonchev–Trinajstić information content (AvgIpc) is 3.17. The lowest BCUT2D eigenvalue weighted by atomic mass is 10.0. The van der Waals surface area contributed by atoms with E-state index in [2.05, 4.69) is 34.5 Å². The summed E-state index contributed by atoms with van der Waals surface area (Å²) in [5, 5.41) is 3.51. The second-order valence-electron chi connectivity index (χ2n) is 5.38. The fourth-order valence-electron chi connectivity index (χ4n) is 2.87. The Bertz CT molecular complexity index is 403. The van der Waals surface area contributed by atoms with Crippen LogP contribution in [-0.4, -0.2) is 44.3 Å². The number of methoxy groups -OCH3 is 1. The number of para-hydroxylation sites is 1. The molecule has 3 rings (SSSR count). The fraction of sp³-hybridized carbons (Fsp3) is 0.600. The molecule has 0 bridgehead atoms. The molecule has 18 heavy (non-hydrogen) atoms. The molecule has 0 radical (unpaired) electrons. The number of anilines is 1. The zero-order valence-corrected chi connectivity index (χ0v) is 11.1. The van der Waals surface area contributed by atoms with E-state index in [0.29, 0.717) is 5.92 Å². The van der Waals surface area contributed by atoms with Crippen LogP contribution in [0.15, 0.2) is 24.3 Å². The normalized spacial score (nSPS) is 22.0. The van der Waals surface area contributed by atoms with Crippen molar-refractivity contribution in [2.45, 2.75) is 24.8 Å². The lowest BCUT2D eigenvalue weighted by molar-refractivity contribution is 0.140. The van der Waals surface area contributed by atoms with Gasteiger partial charge >= 0.3 is 0 Å². The first-order valence-corrected chi connectivity index (χ1v) is 6.94. The highest BCUT2D eigenvalue weighted by Crippen LogP contribution is 2.34. The Morgan fingerprint density at radius 2 is 2.17 bits per heavy atom. The largest absolute Gasteiger partial charge is 0.384 e. The van der Waals surface area contributed by atoms with E-state index in [1.807, 2.05) is 0 Å².